The molecular formula is C21H19ClN2O3S2. The molecule has 150 valence electrons. The van der Waals surface area contributed by atoms with E-state index in [1.54, 1.807) is 41.0 Å². The van der Waals surface area contributed by atoms with E-state index in [2.05, 4.69) is 4.98 Å². The highest BCUT2D eigenvalue weighted by Crippen LogP contribution is 2.32. The number of aromatic nitrogens is 1. The van der Waals surface area contributed by atoms with Gasteiger partial charge < -0.3 is 4.74 Å². The van der Waals surface area contributed by atoms with E-state index in [0.717, 1.165) is 24.8 Å². The maximum absolute atomic E-state index is 12.5. The van der Waals surface area contributed by atoms with E-state index < -0.39 is 0 Å². The summed E-state index contributed by atoms with van der Waals surface area (Å²) in [6, 6.07) is 7.04. The Morgan fingerprint density at radius 2 is 2.03 bits per heavy atom. The lowest BCUT2D eigenvalue weighted by atomic mass is 9.96. The molecule has 29 heavy (non-hydrogen) atoms. The molecule has 3 aromatic rings. The average molecular weight is 447 g/mol. The number of benzene rings is 1. The summed E-state index contributed by atoms with van der Waals surface area (Å²) in [5.41, 5.74) is 3.09. The summed E-state index contributed by atoms with van der Waals surface area (Å²) in [6.07, 6.45) is 4.29. The molecule has 4 rings (SSSR count). The molecule has 0 radical (unpaired) electrons. The van der Waals surface area contributed by atoms with Crippen LogP contribution < -0.4 is 4.90 Å². The third-order valence-electron chi connectivity index (χ3n) is 4.74. The predicted molar refractivity (Wildman–Crippen MR) is 116 cm³/mol. The van der Waals surface area contributed by atoms with Gasteiger partial charge in [0.25, 0.3) is 0 Å². The van der Waals surface area contributed by atoms with Crippen molar-refractivity contribution in [3.05, 3.63) is 61.7 Å². The SMILES string of the molecule is CC(=O)N(c1cccc(Cl)c1)c1nc(COC(=O)c2csc3c2CCCC3)cs1. The average Bonchev–Trinajstić information content (AvgIpc) is 3.33. The van der Waals surface area contributed by atoms with E-state index in [1.807, 2.05) is 5.38 Å². The van der Waals surface area contributed by atoms with Gasteiger partial charge in [-0.2, -0.15) is 0 Å². The molecule has 0 saturated carbocycles. The van der Waals surface area contributed by atoms with Gasteiger partial charge in [-0.15, -0.1) is 22.7 Å². The normalized spacial score (nSPS) is 13.0. The Bertz CT molecular complexity index is 1060. The quantitative estimate of drug-likeness (QED) is 0.466. The van der Waals surface area contributed by atoms with Crippen LogP contribution >= 0.6 is 34.3 Å². The molecule has 0 aliphatic heterocycles. The number of hydrogen-bond acceptors (Lipinski definition) is 6. The zero-order valence-electron chi connectivity index (χ0n) is 15.8. The van der Waals surface area contributed by atoms with Gasteiger partial charge >= 0.3 is 5.97 Å². The Morgan fingerprint density at radius 3 is 2.83 bits per heavy atom. The molecule has 8 heteroatoms. The summed E-state index contributed by atoms with van der Waals surface area (Å²) in [7, 11) is 0. The van der Waals surface area contributed by atoms with Crippen molar-refractivity contribution in [2.24, 2.45) is 0 Å². The fourth-order valence-corrected chi connectivity index (χ4v) is 5.56. The van der Waals surface area contributed by atoms with Crippen LogP contribution in [0.3, 0.4) is 0 Å². The van der Waals surface area contributed by atoms with E-state index in [4.69, 9.17) is 16.3 Å². The van der Waals surface area contributed by atoms with E-state index >= 15 is 0 Å². The highest BCUT2D eigenvalue weighted by molar-refractivity contribution is 7.14. The van der Waals surface area contributed by atoms with Gasteiger partial charge in [-0.1, -0.05) is 17.7 Å². The summed E-state index contributed by atoms with van der Waals surface area (Å²) in [5, 5.41) is 4.76. The Kier molecular flexibility index (Phi) is 5.99. The summed E-state index contributed by atoms with van der Waals surface area (Å²) in [4.78, 5) is 32.0. The van der Waals surface area contributed by atoms with Crippen LogP contribution in [0.5, 0.6) is 0 Å². The van der Waals surface area contributed by atoms with Crippen LogP contribution in [0.2, 0.25) is 5.02 Å². The zero-order chi connectivity index (χ0) is 20.4. The number of esters is 1. The standard InChI is InChI=1S/C21H19ClN2O3S2/c1-13(25)24(16-6-4-5-14(22)9-16)21-23-15(11-29-21)10-27-20(26)18-12-28-19-8-3-2-7-17(18)19/h4-6,9,11-12H,2-3,7-8,10H2,1H3. The van der Waals surface area contributed by atoms with Gasteiger partial charge in [-0.05, 0) is 49.4 Å². The third kappa shape index (κ3) is 4.37. The topological polar surface area (TPSA) is 59.5 Å². The summed E-state index contributed by atoms with van der Waals surface area (Å²) in [6.45, 7) is 1.54. The van der Waals surface area contributed by atoms with Crippen LogP contribution in [0.15, 0.2) is 35.0 Å². The molecule has 0 unspecified atom stereocenters. The smallest absolute Gasteiger partial charge is 0.339 e. The Labute approximate surface area is 181 Å². The number of carbonyl (C=O) groups is 2. The first-order valence-corrected chi connectivity index (χ1v) is 11.4. The number of hydrogen-bond donors (Lipinski definition) is 0. The fraction of sp³-hybridized carbons (Fsp3) is 0.286. The van der Waals surface area contributed by atoms with E-state index in [0.29, 0.717) is 27.1 Å². The van der Waals surface area contributed by atoms with Gasteiger partial charge in [0.15, 0.2) is 5.13 Å². The minimum absolute atomic E-state index is 0.0707. The lowest BCUT2D eigenvalue weighted by molar-refractivity contribution is -0.115. The first kappa shape index (κ1) is 20.1. The Balaban J connectivity index is 1.47. The molecule has 1 aliphatic carbocycles. The minimum Gasteiger partial charge on any atom is -0.456 e. The molecule has 2 aromatic heterocycles. The second-order valence-corrected chi connectivity index (χ2v) is 9.03. The lowest BCUT2D eigenvalue weighted by Gasteiger charge is -2.18. The highest BCUT2D eigenvalue weighted by Gasteiger charge is 2.22. The number of anilines is 2. The molecule has 5 nitrogen and oxygen atoms in total. The second-order valence-electron chi connectivity index (χ2n) is 6.79. The first-order valence-electron chi connectivity index (χ1n) is 9.30. The summed E-state index contributed by atoms with van der Waals surface area (Å²) >= 11 is 9.02. The third-order valence-corrected chi connectivity index (χ3v) is 6.94. The lowest BCUT2D eigenvalue weighted by Crippen LogP contribution is -2.22. The van der Waals surface area contributed by atoms with Crippen molar-refractivity contribution in [2.45, 2.75) is 39.2 Å². The van der Waals surface area contributed by atoms with E-state index in [1.165, 1.54) is 34.5 Å². The van der Waals surface area contributed by atoms with Crippen molar-refractivity contribution in [2.75, 3.05) is 4.90 Å². The van der Waals surface area contributed by atoms with Crippen LogP contribution in [-0.2, 0) is 29.0 Å². The van der Waals surface area contributed by atoms with E-state index in [-0.39, 0.29) is 18.5 Å². The Morgan fingerprint density at radius 1 is 1.21 bits per heavy atom. The maximum Gasteiger partial charge on any atom is 0.339 e. The van der Waals surface area contributed by atoms with Crippen LogP contribution in [-0.4, -0.2) is 16.9 Å². The van der Waals surface area contributed by atoms with Crippen molar-refractivity contribution < 1.29 is 14.3 Å². The molecule has 1 aliphatic rings. The number of thiazole rings is 1. The molecule has 2 heterocycles. The predicted octanol–water partition coefficient (Wildman–Crippen LogP) is 5.78. The van der Waals surface area contributed by atoms with E-state index in [9.17, 15) is 9.59 Å². The molecule has 0 N–H and O–H groups in total. The number of ether oxygens (including phenoxy) is 1. The molecule has 0 bridgehead atoms. The number of thiophene rings is 1. The number of halogens is 1. The second kappa shape index (κ2) is 8.65. The molecule has 0 spiro atoms. The molecular weight excluding hydrogens is 428 g/mol. The van der Waals surface area contributed by atoms with Gasteiger partial charge in [-0.25, -0.2) is 9.78 Å². The van der Waals surface area contributed by atoms with Crippen molar-refractivity contribution in [3.63, 3.8) is 0 Å². The zero-order valence-corrected chi connectivity index (χ0v) is 18.2. The van der Waals surface area contributed by atoms with Crippen LogP contribution in [0.4, 0.5) is 10.8 Å². The van der Waals surface area contributed by atoms with Gasteiger partial charge in [-0.3, -0.25) is 9.69 Å². The van der Waals surface area contributed by atoms with Crippen molar-refractivity contribution >= 4 is 57.0 Å². The number of rotatable bonds is 5. The maximum atomic E-state index is 12.5. The molecule has 1 aromatic carbocycles. The molecule has 1 amide bonds. The fourth-order valence-electron chi connectivity index (χ4n) is 3.39. The van der Waals surface area contributed by atoms with Gasteiger partial charge in [0.05, 0.1) is 16.9 Å². The monoisotopic (exact) mass is 446 g/mol. The molecule has 0 atom stereocenters. The number of carbonyl (C=O) groups excluding carboxylic acids is 2. The van der Waals surface area contributed by atoms with Crippen LogP contribution in [0.1, 0.15) is 46.3 Å². The van der Waals surface area contributed by atoms with Crippen LogP contribution in [0, 0.1) is 0 Å². The van der Waals surface area contributed by atoms with Crippen molar-refractivity contribution in [3.8, 4) is 0 Å². The number of fused-ring (bicyclic) bond motifs is 1. The number of amides is 1. The molecule has 0 fully saturated rings. The largest absolute Gasteiger partial charge is 0.456 e. The summed E-state index contributed by atoms with van der Waals surface area (Å²) in [5.74, 6) is -0.479. The van der Waals surface area contributed by atoms with Gasteiger partial charge in [0, 0.05) is 27.6 Å². The summed E-state index contributed by atoms with van der Waals surface area (Å²) < 4.78 is 5.50. The first-order chi connectivity index (χ1) is 14.0. The van der Waals surface area contributed by atoms with Gasteiger partial charge in [0.2, 0.25) is 5.91 Å². The highest BCUT2D eigenvalue weighted by atomic mass is 35.5. The number of nitrogens with zero attached hydrogens (tertiary/aromatic N) is 2. The molecule has 0 saturated heterocycles. The van der Waals surface area contributed by atoms with Crippen molar-refractivity contribution in [1.29, 1.82) is 0 Å². The van der Waals surface area contributed by atoms with Crippen molar-refractivity contribution in [1.82, 2.24) is 4.98 Å². The van der Waals surface area contributed by atoms with Gasteiger partial charge in [0.1, 0.15) is 6.61 Å². The van der Waals surface area contributed by atoms with Crippen LogP contribution in [0.25, 0.3) is 0 Å². The minimum atomic E-state index is -0.308. The number of aryl methyl sites for hydroxylation is 1. The Hall–Kier alpha value is -2.22.